The maximum absolute atomic E-state index is 8.42. The highest BCUT2D eigenvalue weighted by molar-refractivity contribution is 4.52. The maximum Gasteiger partial charge on any atom is 0.0433 e. The van der Waals surface area contributed by atoms with E-state index in [1.54, 1.807) is 0 Å². The van der Waals surface area contributed by atoms with Crippen molar-refractivity contribution < 1.29 is 5.11 Å². The van der Waals surface area contributed by atoms with Gasteiger partial charge in [0.15, 0.2) is 0 Å². The molecule has 0 spiro atoms. The summed E-state index contributed by atoms with van der Waals surface area (Å²) in [5, 5.41) is 8.42. The topological polar surface area (TPSA) is 20.2 Å². The van der Waals surface area contributed by atoms with Crippen molar-refractivity contribution in [1.29, 1.82) is 0 Å². The number of hydrogen-bond acceptors (Lipinski definition) is 1. The molecule has 1 unspecified atom stereocenters. The predicted octanol–water partition coefficient (Wildman–Crippen LogP) is 1.50. The van der Waals surface area contributed by atoms with Crippen LogP contribution in [0, 0.1) is 12.8 Å². The van der Waals surface area contributed by atoms with E-state index in [-0.39, 0.29) is 0 Å². The molecule has 0 saturated carbocycles. The lowest BCUT2D eigenvalue weighted by Crippen LogP contribution is -1.96. The molecule has 8 heavy (non-hydrogen) atoms. The molecule has 0 rings (SSSR count). The third-order valence-electron chi connectivity index (χ3n) is 1.28. The normalized spacial score (nSPS) is 13.9. The molecule has 1 nitrogen and oxygen atoms in total. The molecule has 1 N–H and O–H groups in total. The molecule has 0 bridgehead atoms. The van der Waals surface area contributed by atoms with Gasteiger partial charge in [0.1, 0.15) is 0 Å². The monoisotopic (exact) mass is 114 g/mol. The summed E-state index contributed by atoms with van der Waals surface area (Å²) in [4.78, 5) is 0. The zero-order valence-electron chi connectivity index (χ0n) is 5.43. The van der Waals surface area contributed by atoms with Crippen molar-refractivity contribution in [2.45, 2.75) is 26.2 Å². The second-order valence-corrected chi connectivity index (χ2v) is 2.19. The van der Waals surface area contributed by atoms with Crippen LogP contribution in [0.15, 0.2) is 0 Å². The fourth-order valence-electron chi connectivity index (χ4n) is 0.649. The minimum Gasteiger partial charge on any atom is -0.396 e. The minimum absolute atomic E-state index is 0.293. The molecule has 0 aliphatic rings. The summed E-state index contributed by atoms with van der Waals surface area (Å²) >= 11 is 0. The van der Waals surface area contributed by atoms with Crippen LogP contribution in [-0.2, 0) is 0 Å². The van der Waals surface area contributed by atoms with Crippen molar-refractivity contribution >= 4 is 0 Å². The first-order chi connectivity index (χ1) is 3.81. The average Bonchev–Trinajstić information content (AvgIpc) is 1.68. The lowest BCUT2D eigenvalue weighted by Gasteiger charge is -2.04. The SMILES string of the molecule is [CH]CCC(C)CCO. The van der Waals surface area contributed by atoms with E-state index in [0.29, 0.717) is 12.5 Å². The molecule has 0 heterocycles. The molecule has 1 atom stereocenters. The molecule has 0 saturated heterocycles. The van der Waals surface area contributed by atoms with E-state index in [9.17, 15) is 0 Å². The van der Waals surface area contributed by atoms with E-state index in [4.69, 9.17) is 12.0 Å². The first kappa shape index (κ1) is 7.96. The Bertz CT molecular complexity index is 37.7. The van der Waals surface area contributed by atoms with Crippen molar-refractivity contribution in [3.63, 3.8) is 0 Å². The fraction of sp³-hybridized carbons (Fsp3) is 0.857. The van der Waals surface area contributed by atoms with Gasteiger partial charge in [-0.1, -0.05) is 13.3 Å². The van der Waals surface area contributed by atoms with Gasteiger partial charge in [-0.25, -0.2) is 0 Å². The quantitative estimate of drug-likeness (QED) is 0.587. The summed E-state index contributed by atoms with van der Waals surface area (Å²) in [5.74, 6) is 0.588. The Kier molecular flexibility index (Phi) is 5.08. The first-order valence-corrected chi connectivity index (χ1v) is 3.12. The van der Waals surface area contributed by atoms with Crippen LogP contribution in [0.1, 0.15) is 26.2 Å². The molecule has 0 aromatic heterocycles. The zero-order chi connectivity index (χ0) is 6.41. The molecule has 0 amide bonds. The molecule has 2 radical (unpaired) electrons. The first-order valence-electron chi connectivity index (χ1n) is 3.12. The van der Waals surface area contributed by atoms with Gasteiger partial charge in [0, 0.05) is 6.61 Å². The van der Waals surface area contributed by atoms with Crippen LogP contribution in [0.25, 0.3) is 0 Å². The van der Waals surface area contributed by atoms with Crippen LogP contribution in [0.2, 0.25) is 0 Å². The van der Waals surface area contributed by atoms with Gasteiger partial charge in [-0.3, -0.25) is 0 Å². The molecule has 48 valence electrons. The van der Waals surface area contributed by atoms with Crippen LogP contribution in [0.3, 0.4) is 0 Å². The van der Waals surface area contributed by atoms with Crippen LogP contribution < -0.4 is 0 Å². The van der Waals surface area contributed by atoms with Gasteiger partial charge in [-0.2, -0.15) is 0 Å². The highest BCUT2D eigenvalue weighted by Crippen LogP contribution is 2.07. The van der Waals surface area contributed by atoms with Crippen molar-refractivity contribution in [3.8, 4) is 0 Å². The third kappa shape index (κ3) is 4.13. The zero-order valence-corrected chi connectivity index (χ0v) is 5.43. The van der Waals surface area contributed by atoms with E-state index >= 15 is 0 Å². The molecule has 0 aliphatic heterocycles. The van der Waals surface area contributed by atoms with Crippen molar-refractivity contribution in [1.82, 2.24) is 0 Å². The molecule has 1 heteroatoms. The Balaban J connectivity index is 2.92. The molecular weight excluding hydrogens is 100 g/mol. The van der Waals surface area contributed by atoms with Gasteiger partial charge in [-0.05, 0) is 25.7 Å². The summed E-state index contributed by atoms with van der Waals surface area (Å²) in [6, 6.07) is 0. The number of aliphatic hydroxyl groups is 1. The van der Waals surface area contributed by atoms with E-state index < -0.39 is 0 Å². The lowest BCUT2D eigenvalue weighted by atomic mass is 10.0. The molecule has 0 aromatic carbocycles. The van der Waals surface area contributed by atoms with E-state index in [1.165, 1.54) is 0 Å². The third-order valence-corrected chi connectivity index (χ3v) is 1.28. The fourth-order valence-corrected chi connectivity index (χ4v) is 0.649. The van der Waals surface area contributed by atoms with Gasteiger partial charge < -0.3 is 5.11 Å². The second-order valence-electron chi connectivity index (χ2n) is 2.19. The Morgan fingerprint density at radius 2 is 2.12 bits per heavy atom. The summed E-state index contributed by atoms with van der Waals surface area (Å²) in [5.41, 5.74) is 0. The Morgan fingerprint density at radius 3 is 2.50 bits per heavy atom. The van der Waals surface area contributed by atoms with Crippen molar-refractivity contribution in [3.05, 3.63) is 6.92 Å². The summed E-state index contributed by atoms with van der Waals surface area (Å²) < 4.78 is 0. The molecule has 0 aliphatic carbocycles. The van der Waals surface area contributed by atoms with E-state index in [0.717, 1.165) is 19.3 Å². The van der Waals surface area contributed by atoms with E-state index in [1.807, 2.05) is 0 Å². The standard InChI is InChI=1S/C7H14O/c1-3-4-7(2)5-6-8/h1,7-8H,3-6H2,2H3. The molecule has 0 fully saturated rings. The predicted molar refractivity (Wildman–Crippen MR) is 34.4 cm³/mol. The Hall–Kier alpha value is -0.0400. The highest BCUT2D eigenvalue weighted by atomic mass is 16.2. The van der Waals surface area contributed by atoms with Crippen LogP contribution in [-0.4, -0.2) is 11.7 Å². The summed E-state index contributed by atoms with van der Waals surface area (Å²) in [6.45, 7) is 7.67. The largest absolute Gasteiger partial charge is 0.396 e. The molecular formula is C7H14O. The van der Waals surface area contributed by atoms with Gasteiger partial charge >= 0.3 is 0 Å². The van der Waals surface area contributed by atoms with Crippen molar-refractivity contribution in [2.24, 2.45) is 5.92 Å². The maximum atomic E-state index is 8.42. The van der Waals surface area contributed by atoms with E-state index in [2.05, 4.69) is 6.92 Å². The van der Waals surface area contributed by atoms with Crippen molar-refractivity contribution in [2.75, 3.05) is 6.61 Å². The Labute approximate surface area is 51.7 Å². The average molecular weight is 114 g/mol. The van der Waals surface area contributed by atoms with Gasteiger partial charge in [0.2, 0.25) is 0 Å². The highest BCUT2D eigenvalue weighted by Gasteiger charge is 1.96. The number of rotatable bonds is 4. The number of hydrogen-bond donors (Lipinski definition) is 1. The smallest absolute Gasteiger partial charge is 0.0433 e. The van der Waals surface area contributed by atoms with Crippen LogP contribution in [0.4, 0.5) is 0 Å². The summed E-state index contributed by atoms with van der Waals surface area (Å²) in [7, 11) is 0. The molecule has 0 aromatic rings. The number of aliphatic hydroxyl groups excluding tert-OH is 1. The van der Waals surface area contributed by atoms with Gasteiger partial charge in [0.05, 0.1) is 0 Å². The minimum atomic E-state index is 0.293. The van der Waals surface area contributed by atoms with Gasteiger partial charge in [0.25, 0.3) is 0 Å². The van der Waals surface area contributed by atoms with Gasteiger partial charge in [-0.15, -0.1) is 0 Å². The lowest BCUT2D eigenvalue weighted by molar-refractivity contribution is 0.259. The van der Waals surface area contributed by atoms with Crippen LogP contribution >= 0.6 is 0 Å². The Morgan fingerprint density at radius 1 is 1.50 bits per heavy atom. The second kappa shape index (κ2) is 5.10. The van der Waals surface area contributed by atoms with Crippen LogP contribution in [0.5, 0.6) is 0 Å². The summed E-state index contributed by atoms with van der Waals surface area (Å²) in [6.07, 6.45) is 2.65.